The molecule has 2 unspecified atom stereocenters. The molecule has 3 aromatic rings. The number of piperazine rings is 1. The van der Waals surface area contributed by atoms with Gasteiger partial charge >= 0.3 is 0 Å². The molecule has 6 rings (SSSR count). The Morgan fingerprint density at radius 2 is 2.20 bits per heavy atom. The highest BCUT2D eigenvalue weighted by Crippen LogP contribution is 2.38. The first kappa shape index (κ1) is 15.6. The number of thioether (sulfide) groups is 1. The number of nitrogens with one attached hydrogen (secondary N) is 1. The highest BCUT2D eigenvalue weighted by Gasteiger charge is 2.38. The van der Waals surface area contributed by atoms with E-state index in [0.29, 0.717) is 23.9 Å². The van der Waals surface area contributed by atoms with Gasteiger partial charge in [-0.25, -0.2) is 4.98 Å². The van der Waals surface area contributed by atoms with Crippen LogP contribution in [0, 0.1) is 0 Å². The number of oxazole rings is 1. The number of aliphatic hydroxyl groups excluding tert-OH is 1. The summed E-state index contributed by atoms with van der Waals surface area (Å²) >= 11 is 3.20. The van der Waals surface area contributed by atoms with Crippen molar-refractivity contribution in [3.8, 4) is 10.6 Å². The zero-order valence-electron chi connectivity index (χ0n) is 13.5. The Labute approximate surface area is 153 Å². The van der Waals surface area contributed by atoms with E-state index >= 15 is 0 Å². The van der Waals surface area contributed by atoms with Crippen LogP contribution in [0.25, 0.3) is 21.7 Å². The quantitative estimate of drug-likeness (QED) is 0.665. The van der Waals surface area contributed by atoms with E-state index < -0.39 is 0 Å². The first-order chi connectivity index (χ1) is 12.3. The molecule has 130 valence electrons. The minimum Gasteiger partial charge on any atom is -0.423 e. The maximum atomic E-state index is 9.16. The number of hydrogen-bond donors (Lipinski definition) is 2. The molecule has 5 heterocycles. The van der Waals surface area contributed by atoms with Gasteiger partial charge in [0, 0.05) is 47.4 Å². The molecule has 2 aromatic heterocycles. The van der Waals surface area contributed by atoms with E-state index in [4.69, 9.17) is 14.5 Å². The third-order valence-electron chi connectivity index (χ3n) is 4.70. The van der Waals surface area contributed by atoms with E-state index in [-0.39, 0.29) is 6.61 Å². The molecule has 2 N–H and O–H groups in total. The third kappa shape index (κ3) is 2.73. The third-order valence-corrected chi connectivity index (χ3v) is 6.53. The highest BCUT2D eigenvalue weighted by molar-refractivity contribution is 7.99. The number of hydrogen-bond acceptors (Lipinski definition) is 8. The van der Waals surface area contributed by atoms with Crippen molar-refractivity contribution in [3.63, 3.8) is 0 Å². The summed E-state index contributed by atoms with van der Waals surface area (Å²) in [5, 5.41) is 15.6. The summed E-state index contributed by atoms with van der Waals surface area (Å²) < 4.78 is 6.23. The monoisotopic (exact) mass is 374 g/mol. The molecule has 3 fully saturated rings. The summed E-state index contributed by atoms with van der Waals surface area (Å²) in [6, 6.07) is 5.90. The van der Waals surface area contributed by atoms with Crippen molar-refractivity contribution in [2.75, 3.05) is 30.3 Å². The van der Waals surface area contributed by atoms with Gasteiger partial charge in [-0.05, 0) is 18.6 Å². The lowest BCUT2D eigenvalue weighted by Crippen LogP contribution is -2.67. The fourth-order valence-electron chi connectivity index (χ4n) is 3.57. The van der Waals surface area contributed by atoms with Gasteiger partial charge in [-0.15, -0.1) is 23.1 Å². The van der Waals surface area contributed by atoms with Crippen LogP contribution >= 0.6 is 23.1 Å². The van der Waals surface area contributed by atoms with E-state index in [1.54, 1.807) is 29.3 Å². The fraction of sp³-hybridized carbons (Fsp3) is 0.412. The van der Waals surface area contributed by atoms with Crippen molar-refractivity contribution in [3.05, 3.63) is 23.7 Å². The van der Waals surface area contributed by atoms with E-state index in [1.807, 2.05) is 11.4 Å². The lowest BCUT2D eigenvalue weighted by molar-refractivity contribution is 0.220. The maximum absolute atomic E-state index is 9.16. The zero-order chi connectivity index (χ0) is 16.8. The van der Waals surface area contributed by atoms with Gasteiger partial charge in [-0.3, -0.25) is 0 Å². The van der Waals surface area contributed by atoms with E-state index in [0.717, 1.165) is 39.7 Å². The number of aromatic nitrogens is 2. The zero-order valence-corrected chi connectivity index (χ0v) is 15.1. The summed E-state index contributed by atoms with van der Waals surface area (Å²) in [6.45, 7) is 2.02. The van der Waals surface area contributed by atoms with Gasteiger partial charge in [-0.2, -0.15) is 4.98 Å². The van der Waals surface area contributed by atoms with Gasteiger partial charge in [0.05, 0.1) is 12.2 Å². The summed E-state index contributed by atoms with van der Waals surface area (Å²) in [7, 11) is 0. The van der Waals surface area contributed by atoms with Gasteiger partial charge in [0.2, 0.25) is 0 Å². The molecule has 0 radical (unpaired) electrons. The number of piperidine rings is 1. The van der Waals surface area contributed by atoms with Crippen LogP contribution < -0.4 is 10.2 Å². The average molecular weight is 374 g/mol. The topological polar surface area (TPSA) is 74.4 Å². The molecule has 3 aliphatic rings. The Morgan fingerprint density at radius 3 is 2.92 bits per heavy atom. The summed E-state index contributed by atoms with van der Waals surface area (Å²) in [5.41, 5.74) is 2.64. The summed E-state index contributed by atoms with van der Waals surface area (Å²) in [5.74, 6) is 0.645. The van der Waals surface area contributed by atoms with Crippen LogP contribution in [-0.4, -0.2) is 52.6 Å². The Balaban J connectivity index is 1.59. The molecule has 1 aromatic carbocycles. The predicted octanol–water partition coefficient (Wildman–Crippen LogP) is 2.59. The van der Waals surface area contributed by atoms with Gasteiger partial charge in [0.15, 0.2) is 5.58 Å². The molecule has 8 heteroatoms. The van der Waals surface area contributed by atoms with Crippen LogP contribution in [0.2, 0.25) is 0 Å². The number of fused-ring (bicyclic) bond motifs is 3. The Kier molecular flexibility index (Phi) is 3.93. The second-order valence-corrected chi connectivity index (χ2v) is 8.43. The average Bonchev–Trinajstić information content (AvgIpc) is 3.29. The summed E-state index contributed by atoms with van der Waals surface area (Å²) in [4.78, 5) is 12.5. The molecule has 3 aliphatic heterocycles. The molecular weight excluding hydrogens is 356 g/mol. The van der Waals surface area contributed by atoms with E-state index in [2.05, 4.69) is 21.3 Å². The van der Waals surface area contributed by atoms with E-state index in [1.165, 1.54) is 6.42 Å². The van der Waals surface area contributed by atoms with Gasteiger partial charge in [-0.1, -0.05) is 0 Å². The predicted molar refractivity (Wildman–Crippen MR) is 100 cm³/mol. The molecule has 6 nitrogen and oxygen atoms in total. The molecule has 25 heavy (non-hydrogen) atoms. The Hall–Kier alpha value is -1.61. The van der Waals surface area contributed by atoms with Crippen LogP contribution in [0.3, 0.4) is 0 Å². The first-order valence-electron chi connectivity index (χ1n) is 8.40. The minimum atomic E-state index is 0.145. The second-order valence-electron chi connectivity index (χ2n) is 6.40. The lowest BCUT2D eigenvalue weighted by Gasteiger charge is -2.47. The number of anilines is 1. The molecule has 0 spiro atoms. The van der Waals surface area contributed by atoms with Crippen LogP contribution in [-0.2, 0) is 0 Å². The number of rotatable bonds is 5. The first-order valence-corrected chi connectivity index (χ1v) is 10.3. The van der Waals surface area contributed by atoms with E-state index in [9.17, 15) is 0 Å². The van der Waals surface area contributed by atoms with Crippen molar-refractivity contribution in [2.24, 2.45) is 0 Å². The van der Waals surface area contributed by atoms with Crippen LogP contribution in [0.5, 0.6) is 0 Å². The number of benzene rings is 1. The Bertz CT molecular complexity index is 880. The molecule has 2 bridgehead atoms. The Morgan fingerprint density at radius 1 is 1.36 bits per heavy atom. The largest absolute Gasteiger partial charge is 0.423 e. The van der Waals surface area contributed by atoms with Crippen LogP contribution in [0.4, 0.5) is 6.01 Å². The van der Waals surface area contributed by atoms with Crippen LogP contribution in [0.1, 0.15) is 6.42 Å². The molecule has 3 saturated heterocycles. The maximum Gasteiger partial charge on any atom is 0.298 e. The standard InChI is InChI=1S/C17H18N4O2S2/c22-4-6-24-13-2-1-12(16-18-3-5-25-16)15-14(13)20-17(23-15)21-8-10-7-11(9-21)19-10/h1-3,5,10-11,19,22H,4,6-9H2. The molecule has 0 amide bonds. The van der Waals surface area contributed by atoms with Crippen molar-refractivity contribution in [1.82, 2.24) is 15.3 Å². The van der Waals surface area contributed by atoms with Crippen molar-refractivity contribution >= 4 is 40.2 Å². The lowest BCUT2D eigenvalue weighted by atomic mass is 9.92. The van der Waals surface area contributed by atoms with Crippen molar-refractivity contribution < 1.29 is 9.52 Å². The SMILES string of the molecule is OCCSc1ccc(-c2nccs2)c2oc(N3CC4CC(C3)N4)nc12. The molecule has 2 atom stereocenters. The normalized spacial score (nSPS) is 22.4. The second kappa shape index (κ2) is 6.28. The smallest absolute Gasteiger partial charge is 0.298 e. The number of nitrogens with zero attached hydrogens (tertiary/aromatic N) is 3. The molecular formula is C17H18N4O2S2. The fourth-order valence-corrected chi connectivity index (χ4v) is 4.98. The van der Waals surface area contributed by atoms with Gasteiger partial charge in [0.1, 0.15) is 10.5 Å². The minimum absolute atomic E-state index is 0.145. The number of thiazole rings is 1. The molecule has 0 aliphatic carbocycles. The molecule has 0 saturated carbocycles. The summed E-state index contributed by atoms with van der Waals surface area (Å²) in [6.07, 6.45) is 3.06. The van der Waals surface area contributed by atoms with Crippen molar-refractivity contribution in [1.29, 1.82) is 0 Å². The van der Waals surface area contributed by atoms with Gasteiger partial charge < -0.3 is 19.7 Å². The van der Waals surface area contributed by atoms with Crippen molar-refractivity contribution in [2.45, 2.75) is 23.4 Å². The number of aliphatic hydroxyl groups is 1. The van der Waals surface area contributed by atoms with Gasteiger partial charge in [0.25, 0.3) is 6.01 Å². The highest BCUT2D eigenvalue weighted by atomic mass is 32.2. The van der Waals surface area contributed by atoms with Crippen LogP contribution in [0.15, 0.2) is 33.0 Å².